The summed E-state index contributed by atoms with van der Waals surface area (Å²) in [6, 6.07) is 10.0. The molecule has 25 heavy (non-hydrogen) atoms. The number of likely N-dealkylation sites (tertiary alicyclic amines) is 1. The Hall–Kier alpha value is -2.47. The Kier molecular flexibility index (Phi) is 5.60. The minimum atomic E-state index is -0.272. The average molecular weight is 340 g/mol. The molecular formula is C19H24N4O2. The molecule has 0 radical (unpaired) electrons. The van der Waals surface area contributed by atoms with Crippen molar-refractivity contribution in [3.8, 4) is 11.3 Å². The first-order valence-corrected chi connectivity index (χ1v) is 8.80. The Labute approximate surface area is 147 Å². The molecule has 1 aromatic heterocycles. The molecule has 0 saturated carbocycles. The van der Waals surface area contributed by atoms with Crippen molar-refractivity contribution in [1.29, 1.82) is 0 Å². The van der Waals surface area contributed by atoms with Crippen LogP contribution in [-0.2, 0) is 11.3 Å². The van der Waals surface area contributed by atoms with Crippen molar-refractivity contribution < 1.29 is 4.79 Å². The maximum absolute atomic E-state index is 12.3. The molecule has 1 aliphatic rings. The van der Waals surface area contributed by atoms with Gasteiger partial charge in [-0.1, -0.05) is 37.3 Å². The van der Waals surface area contributed by atoms with E-state index in [0.717, 1.165) is 25.1 Å². The molecule has 0 bridgehead atoms. The number of carbonyl (C=O) groups excluding carboxylic acids is 1. The molecule has 1 unspecified atom stereocenters. The van der Waals surface area contributed by atoms with Gasteiger partial charge in [0.15, 0.2) is 0 Å². The molecule has 1 N–H and O–H groups in total. The SMILES string of the molecule is CCN1CCCC1CNC(=O)Cn1cc(-c2ccccc2)ncc1=O. The highest BCUT2D eigenvalue weighted by molar-refractivity contribution is 5.75. The number of hydrogen-bond acceptors (Lipinski definition) is 4. The maximum atomic E-state index is 12.3. The lowest BCUT2D eigenvalue weighted by Gasteiger charge is -2.22. The van der Waals surface area contributed by atoms with E-state index in [9.17, 15) is 9.59 Å². The van der Waals surface area contributed by atoms with Gasteiger partial charge < -0.3 is 9.88 Å². The molecule has 6 heteroatoms. The summed E-state index contributed by atoms with van der Waals surface area (Å²) >= 11 is 0. The average Bonchev–Trinajstić information content (AvgIpc) is 3.10. The van der Waals surface area contributed by atoms with Gasteiger partial charge in [-0.25, -0.2) is 4.98 Å². The Morgan fingerprint density at radius 2 is 2.12 bits per heavy atom. The summed E-state index contributed by atoms with van der Waals surface area (Å²) in [6.07, 6.45) is 5.21. The van der Waals surface area contributed by atoms with E-state index >= 15 is 0 Å². The Morgan fingerprint density at radius 3 is 2.88 bits per heavy atom. The van der Waals surface area contributed by atoms with Gasteiger partial charge in [-0.05, 0) is 25.9 Å². The molecule has 1 amide bonds. The van der Waals surface area contributed by atoms with Crippen LogP contribution in [0.1, 0.15) is 19.8 Å². The number of likely N-dealkylation sites (N-methyl/N-ethyl adjacent to an activating group) is 1. The van der Waals surface area contributed by atoms with Crippen molar-refractivity contribution in [2.24, 2.45) is 0 Å². The molecule has 0 aliphatic carbocycles. The lowest BCUT2D eigenvalue weighted by atomic mass is 10.2. The normalized spacial score (nSPS) is 17.6. The lowest BCUT2D eigenvalue weighted by molar-refractivity contribution is -0.121. The zero-order chi connectivity index (χ0) is 17.6. The summed E-state index contributed by atoms with van der Waals surface area (Å²) in [7, 11) is 0. The molecule has 2 heterocycles. The summed E-state index contributed by atoms with van der Waals surface area (Å²) in [5.74, 6) is -0.143. The minimum Gasteiger partial charge on any atom is -0.353 e. The second-order valence-electron chi connectivity index (χ2n) is 6.33. The van der Waals surface area contributed by atoms with E-state index in [1.807, 2.05) is 30.3 Å². The second kappa shape index (κ2) is 8.07. The van der Waals surface area contributed by atoms with Crippen molar-refractivity contribution in [2.45, 2.75) is 32.4 Å². The van der Waals surface area contributed by atoms with Gasteiger partial charge >= 0.3 is 0 Å². The van der Waals surface area contributed by atoms with Crippen LogP contribution in [0.4, 0.5) is 0 Å². The zero-order valence-corrected chi connectivity index (χ0v) is 14.5. The number of rotatable bonds is 6. The van der Waals surface area contributed by atoms with Gasteiger partial charge in [-0.3, -0.25) is 14.5 Å². The number of nitrogens with one attached hydrogen (secondary N) is 1. The predicted octanol–water partition coefficient (Wildman–Crippen LogP) is 1.51. The van der Waals surface area contributed by atoms with Crippen LogP contribution < -0.4 is 10.9 Å². The van der Waals surface area contributed by atoms with Crippen LogP contribution in [0.3, 0.4) is 0 Å². The van der Waals surface area contributed by atoms with E-state index < -0.39 is 0 Å². The van der Waals surface area contributed by atoms with Gasteiger partial charge in [0.2, 0.25) is 5.91 Å². The fraction of sp³-hybridized carbons (Fsp3) is 0.421. The number of hydrogen-bond donors (Lipinski definition) is 1. The number of amides is 1. The highest BCUT2D eigenvalue weighted by atomic mass is 16.2. The van der Waals surface area contributed by atoms with Gasteiger partial charge in [0.25, 0.3) is 5.56 Å². The molecule has 6 nitrogen and oxygen atoms in total. The lowest BCUT2D eigenvalue weighted by Crippen LogP contribution is -2.41. The molecule has 2 aromatic rings. The van der Waals surface area contributed by atoms with Crippen LogP contribution in [0.2, 0.25) is 0 Å². The van der Waals surface area contributed by atoms with Crippen molar-refractivity contribution in [3.05, 3.63) is 53.1 Å². The molecule has 132 valence electrons. The summed E-state index contributed by atoms with van der Waals surface area (Å²) in [5.41, 5.74) is 1.33. The number of benzene rings is 1. The first kappa shape index (κ1) is 17.4. The van der Waals surface area contributed by atoms with Crippen molar-refractivity contribution in [3.63, 3.8) is 0 Å². The number of nitrogens with zero attached hydrogens (tertiary/aromatic N) is 3. The maximum Gasteiger partial charge on any atom is 0.269 e. The van der Waals surface area contributed by atoms with E-state index in [2.05, 4.69) is 22.1 Å². The highest BCUT2D eigenvalue weighted by Crippen LogP contribution is 2.16. The number of aromatic nitrogens is 2. The Bertz CT molecular complexity index is 772. The standard InChI is InChI=1S/C19H24N4O2/c1-2-22-10-6-9-16(22)11-21-18(24)14-23-13-17(20-12-19(23)25)15-7-4-3-5-8-15/h3-5,7-8,12-13,16H,2,6,9-11,14H2,1H3,(H,21,24). The summed E-state index contributed by atoms with van der Waals surface area (Å²) < 4.78 is 1.41. The highest BCUT2D eigenvalue weighted by Gasteiger charge is 2.23. The van der Waals surface area contributed by atoms with Crippen molar-refractivity contribution in [1.82, 2.24) is 19.8 Å². The molecule has 1 aliphatic heterocycles. The van der Waals surface area contributed by atoms with Crippen LogP contribution in [0.5, 0.6) is 0 Å². The van der Waals surface area contributed by atoms with E-state index in [-0.39, 0.29) is 18.0 Å². The van der Waals surface area contributed by atoms with Crippen LogP contribution in [0.25, 0.3) is 11.3 Å². The van der Waals surface area contributed by atoms with E-state index in [4.69, 9.17) is 0 Å². The van der Waals surface area contributed by atoms with Gasteiger partial charge in [0.05, 0.1) is 11.9 Å². The summed E-state index contributed by atoms with van der Waals surface area (Å²) in [6.45, 7) is 4.89. The first-order valence-electron chi connectivity index (χ1n) is 8.80. The Balaban J connectivity index is 1.64. The van der Waals surface area contributed by atoms with Gasteiger partial charge in [0, 0.05) is 24.3 Å². The van der Waals surface area contributed by atoms with Gasteiger partial charge in [0.1, 0.15) is 6.54 Å². The summed E-state index contributed by atoms with van der Waals surface area (Å²) in [4.78, 5) is 30.8. The predicted molar refractivity (Wildman–Crippen MR) is 97.2 cm³/mol. The fourth-order valence-electron chi connectivity index (χ4n) is 3.31. The van der Waals surface area contributed by atoms with Crippen LogP contribution in [0.15, 0.2) is 47.5 Å². The van der Waals surface area contributed by atoms with Crippen LogP contribution in [-0.4, -0.2) is 46.0 Å². The molecule has 0 spiro atoms. The Morgan fingerprint density at radius 1 is 1.32 bits per heavy atom. The van der Waals surface area contributed by atoms with Crippen LogP contribution >= 0.6 is 0 Å². The largest absolute Gasteiger partial charge is 0.353 e. The van der Waals surface area contributed by atoms with Gasteiger partial charge in [-0.2, -0.15) is 0 Å². The van der Waals surface area contributed by atoms with Crippen molar-refractivity contribution >= 4 is 5.91 Å². The molecule has 1 fully saturated rings. The third-order valence-electron chi connectivity index (χ3n) is 4.70. The third-order valence-corrected chi connectivity index (χ3v) is 4.70. The molecule has 1 saturated heterocycles. The van der Waals surface area contributed by atoms with E-state index in [1.54, 1.807) is 6.20 Å². The summed E-state index contributed by atoms with van der Waals surface area (Å²) in [5, 5.41) is 2.96. The second-order valence-corrected chi connectivity index (χ2v) is 6.33. The zero-order valence-electron chi connectivity index (χ0n) is 14.5. The van der Waals surface area contributed by atoms with Crippen molar-refractivity contribution in [2.75, 3.05) is 19.6 Å². The smallest absolute Gasteiger partial charge is 0.269 e. The minimum absolute atomic E-state index is 0.0139. The van der Waals surface area contributed by atoms with E-state index in [1.165, 1.54) is 17.2 Å². The topological polar surface area (TPSA) is 67.2 Å². The number of carbonyl (C=O) groups is 1. The quantitative estimate of drug-likeness (QED) is 0.866. The van der Waals surface area contributed by atoms with E-state index in [0.29, 0.717) is 18.3 Å². The molecular weight excluding hydrogens is 316 g/mol. The monoisotopic (exact) mass is 340 g/mol. The molecule has 1 atom stereocenters. The third kappa shape index (κ3) is 4.33. The fourth-order valence-corrected chi connectivity index (χ4v) is 3.31. The first-order chi connectivity index (χ1) is 12.2. The van der Waals surface area contributed by atoms with Gasteiger partial charge in [-0.15, -0.1) is 0 Å². The van der Waals surface area contributed by atoms with Crippen LogP contribution in [0, 0.1) is 0 Å². The molecule has 1 aromatic carbocycles. The molecule has 3 rings (SSSR count).